The van der Waals surface area contributed by atoms with Crippen LogP contribution in [0, 0.1) is 0 Å². The first-order chi connectivity index (χ1) is 15.1. The Labute approximate surface area is 234 Å². The second kappa shape index (κ2) is 11.7. The van der Waals surface area contributed by atoms with Gasteiger partial charge in [0, 0.05) is 29.0 Å². The van der Waals surface area contributed by atoms with E-state index in [2.05, 4.69) is 156 Å². The molecule has 0 atom stereocenters. The number of hydrogen-bond acceptors (Lipinski definition) is 1. The molecule has 5 heteroatoms. The van der Waals surface area contributed by atoms with Gasteiger partial charge in [0.2, 0.25) is 0 Å². The fraction of sp³-hybridized carbons (Fsp3) is 0.429. The quantitative estimate of drug-likeness (QED) is 0.291. The Hall–Kier alpha value is -0.200. The average molecular weight is 706 g/mol. The summed E-state index contributed by atoms with van der Waals surface area (Å²) in [7, 11) is 0. The summed E-state index contributed by atoms with van der Waals surface area (Å²) in [6, 6.07) is 8.83. The van der Waals surface area contributed by atoms with Gasteiger partial charge in [-0.05, 0) is 71.2 Å². The van der Waals surface area contributed by atoms with Crippen molar-refractivity contribution >= 4 is 75.9 Å². The van der Waals surface area contributed by atoms with Gasteiger partial charge in [-0.25, -0.2) is 0 Å². The van der Waals surface area contributed by atoms with Crippen LogP contribution in [0.3, 0.4) is 0 Å². The summed E-state index contributed by atoms with van der Waals surface area (Å²) in [5.74, 6) is 0. The molecule has 0 radical (unpaired) electrons. The van der Waals surface area contributed by atoms with Crippen LogP contribution in [0.1, 0.15) is 77.6 Å². The van der Waals surface area contributed by atoms with Crippen LogP contribution in [0.15, 0.2) is 53.3 Å². The minimum Gasteiger partial charge on any atom is -0.373 e. The summed E-state index contributed by atoms with van der Waals surface area (Å²) in [6.07, 6.45) is 4.36. The molecule has 2 aromatic rings. The number of hydrogen-bond donors (Lipinski definition) is 0. The smallest absolute Gasteiger partial charge is 0.0681 e. The summed E-state index contributed by atoms with van der Waals surface area (Å²) in [5, 5.41) is 0. The standard InChI is InChI=1S/C28H34Br4O/c1-17(9-21-23(29)11-19(12-24(21)30)27(3,4)5)15-33-16-18(2)10-22-25(31)13-20(14-26(22)32)28(6,7)8/h9-14H,15-16H2,1-8H3. The van der Waals surface area contributed by atoms with E-state index in [0.29, 0.717) is 13.2 Å². The van der Waals surface area contributed by atoms with E-state index in [4.69, 9.17) is 4.74 Å². The van der Waals surface area contributed by atoms with Crippen molar-refractivity contribution in [3.63, 3.8) is 0 Å². The van der Waals surface area contributed by atoms with E-state index in [0.717, 1.165) is 29.0 Å². The Balaban J connectivity index is 2.09. The first kappa shape index (κ1) is 29.0. The van der Waals surface area contributed by atoms with Gasteiger partial charge >= 0.3 is 0 Å². The second-order valence-electron chi connectivity index (χ2n) is 10.7. The van der Waals surface area contributed by atoms with Crippen LogP contribution in [-0.2, 0) is 15.6 Å². The summed E-state index contributed by atoms with van der Waals surface area (Å²) >= 11 is 15.0. The van der Waals surface area contributed by atoms with Crippen molar-refractivity contribution in [3.8, 4) is 0 Å². The maximum atomic E-state index is 6.02. The molecule has 0 N–H and O–H groups in total. The summed E-state index contributed by atoms with van der Waals surface area (Å²) < 4.78 is 10.4. The van der Waals surface area contributed by atoms with Gasteiger partial charge in [0.05, 0.1) is 13.2 Å². The lowest BCUT2D eigenvalue weighted by Gasteiger charge is -2.21. The Morgan fingerprint density at radius 2 is 0.909 bits per heavy atom. The molecule has 0 aliphatic carbocycles. The molecule has 0 unspecified atom stereocenters. The van der Waals surface area contributed by atoms with Crippen molar-refractivity contribution in [1.29, 1.82) is 0 Å². The highest BCUT2D eigenvalue weighted by atomic mass is 79.9. The zero-order chi connectivity index (χ0) is 25.1. The largest absolute Gasteiger partial charge is 0.373 e. The molecule has 0 saturated carbocycles. The zero-order valence-corrected chi connectivity index (χ0v) is 27.1. The van der Waals surface area contributed by atoms with E-state index < -0.39 is 0 Å². The molecule has 33 heavy (non-hydrogen) atoms. The lowest BCUT2D eigenvalue weighted by atomic mass is 9.86. The van der Waals surface area contributed by atoms with E-state index in [1.807, 2.05) is 0 Å². The van der Waals surface area contributed by atoms with E-state index in [1.165, 1.54) is 22.3 Å². The van der Waals surface area contributed by atoms with Gasteiger partial charge < -0.3 is 4.74 Å². The first-order valence-corrected chi connectivity index (χ1v) is 14.2. The monoisotopic (exact) mass is 702 g/mol. The van der Waals surface area contributed by atoms with Crippen LogP contribution >= 0.6 is 63.7 Å². The second-order valence-corrected chi connectivity index (χ2v) is 14.1. The SMILES string of the molecule is CC(=Cc1c(Br)cc(C(C)(C)C)cc1Br)COCC(C)=Cc1c(Br)cc(C(C)(C)C)cc1Br. The average Bonchev–Trinajstić information content (AvgIpc) is 2.65. The maximum absolute atomic E-state index is 6.02. The molecular weight excluding hydrogens is 672 g/mol. The molecule has 0 bridgehead atoms. The molecule has 0 spiro atoms. The molecule has 0 amide bonds. The fourth-order valence-electron chi connectivity index (χ4n) is 3.26. The lowest BCUT2D eigenvalue weighted by molar-refractivity contribution is 0.181. The third-order valence-electron chi connectivity index (χ3n) is 5.33. The molecule has 1 nitrogen and oxygen atoms in total. The van der Waals surface area contributed by atoms with Gasteiger partial charge in [-0.3, -0.25) is 0 Å². The normalized spacial score (nSPS) is 13.6. The number of halogens is 4. The molecule has 2 aromatic carbocycles. The highest BCUT2D eigenvalue weighted by Crippen LogP contribution is 2.35. The third kappa shape index (κ3) is 8.45. The number of ether oxygens (including phenoxy) is 1. The van der Waals surface area contributed by atoms with Crippen LogP contribution in [0.4, 0.5) is 0 Å². The van der Waals surface area contributed by atoms with Gasteiger partial charge in [-0.15, -0.1) is 0 Å². The molecule has 0 aliphatic heterocycles. The van der Waals surface area contributed by atoms with Gasteiger partial charge in [0.15, 0.2) is 0 Å². The first-order valence-electron chi connectivity index (χ1n) is 11.0. The molecule has 0 heterocycles. The Kier molecular flexibility index (Phi) is 10.3. The summed E-state index contributed by atoms with van der Waals surface area (Å²) in [4.78, 5) is 0. The van der Waals surface area contributed by atoms with Crippen LogP contribution in [-0.4, -0.2) is 13.2 Å². The van der Waals surface area contributed by atoms with Crippen molar-refractivity contribution in [2.75, 3.05) is 13.2 Å². The van der Waals surface area contributed by atoms with Crippen molar-refractivity contribution < 1.29 is 4.74 Å². The maximum Gasteiger partial charge on any atom is 0.0681 e. The molecule has 0 aromatic heterocycles. The van der Waals surface area contributed by atoms with E-state index >= 15 is 0 Å². The summed E-state index contributed by atoms with van der Waals surface area (Å²) in [5.41, 5.74) is 7.42. The highest BCUT2D eigenvalue weighted by Gasteiger charge is 2.18. The number of benzene rings is 2. The lowest BCUT2D eigenvalue weighted by Crippen LogP contribution is -2.11. The van der Waals surface area contributed by atoms with Crippen LogP contribution in [0.25, 0.3) is 12.2 Å². The molecular formula is C28H34Br4O. The summed E-state index contributed by atoms with van der Waals surface area (Å²) in [6.45, 7) is 18.7. The van der Waals surface area contributed by atoms with Crippen molar-refractivity contribution in [3.05, 3.63) is 75.6 Å². The molecule has 0 fully saturated rings. The Morgan fingerprint density at radius 1 is 0.636 bits per heavy atom. The predicted octanol–water partition coefficient (Wildman–Crippen LogP) is 10.9. The van der Waals surface area contributed by atoms with Crippen molar-refractivity contribution in [1.82, 2.24) is 0 Å². The molecule has 2 rings (SSSR count). The topological polar surface area (TPSA) is 9.23 Å². The van der Waals surface area contributed by atoms with Gasteiger partial charge in [-0.2, -0.15) is 0 Å². The van der Waals surface area contributed by atoms with Gasteiger partial charge in [0.25, 0.3) is 0 Å². The zero-order valence-electron chi connectivity index (χ0n) is 20.8. The van der Waals surface area contributed by atoms with E-state index in [-0.39, 0.29) is 10.8 Å². The Bertz CT molecular complexity index is 935. The minimum atomic E-state index is 0.104. The van der Waals surface area contributed by atoms with Gasteiger partial charge in [-0.1, -0.05) is 117 Å². The third-order valence-corrected chi connectivity index (χ3v) is 7.96. The molecule has 180 valence electrons. The van der Waals surface area contributed by atoms with Crippen LogP contribution in [0.5, 0.6) is 0 Å². The molecule has 0 aliphatic rings. The Morgan fingerprint density at radius 3 is 1.15 bits per heavy atom. The minimum absolute atomic E-state index is 0.104. The van der Waals surface area contributed by atoms with E-state index in [1.54, 1.807) is 0 Å². The predicted molar refractivity (Wildman–Crippen MR) is 159 cm³/mol. The molecule has 0 saturated heterocycles. The van der Waals surface area contributed by atoms with Gasteiger partial charge in [0.1, 0.15) is 0 Å². The van der Waals surface area contributed by atoms with Crippen molar-refractivity contribution in [2.24, 2.45) is 0 Å². The highest BCUT2D eigenvalue weighted by molar-refractivity contribution is 9.11. The van der Waals surface area contributed by atoms with Crippen molar-refractivity contribution in [2.45, 2.75) is 66.2 Å². The van der Waals surface area contributed by atoms with E-state index in [9.17, 15) is 0 Å². The number of rotatable bonds is 6. The van der Waals surface area contributed by atoms with Crippen LogP contribution < -0.4 is 0 Å². The van der Waals surface area contributed by atoms with Crippen LogP contribution in [0.2, 0.25) is 0 Å². The fourth-order valence-corrected chi connectivity index (χ4v) is 6.09.